The number of ether oxygens (including phenoxy) is 1. The molecule has 0 heterocycles. The van der Waals surface area contributed by atoms with Crippen molar-refractivity contribution in [2.75, 3.05) is 6.61 Å². The molecule has 0 spiro atoms. The Morgan fingerprint density at radius 3 is 2.18 bits per heavy atom. The van der Waals surface area contributed by atoms with E-state index in [0.29, 0.717) is 11.8 Å². The van der Waals surface area contributed by atoms with E-state index >= 15 is 0 Å². The van der Waals surface area contributed by atoms with Crippen LogP contribution in [0, 0.1) is 5.92 Å². The summed E-state index contributed by atoms with van der Waals surface area (Å²) >= 11 is 0. The van der Waals surface area contributed by atoms with Gasteiger partial charge in [-0.05, 0) is 36.0 Å². The molecule has 1 unspecified atom stereocenters. The van der Waals surface area contributed by atoms with Crippen LogP contribution in [0.3, 0.4) is 0 Å². The Morgan fingerprint density at radius 1 is 1.06 bits per heavy atom. The highest BCUT2D eigenvalue weighted by Gasteiger charge is 2.06. The second kappa shape index (κ2) is 7.37. The molecule has 0 aliphatic heterocycles. The van der Waals surface area contributed by atoms with Crippen molar-refractivity contribution in [3.05, 3.63) is 29.8 Å². The maximum atomic E-state index is 5.85. The van der Waals surface area contributed by atoms with Crippen LogP contribution in [-0.2, 0) is 0 Å². The normalized spacial score (nSPS) is 12.8. The molecule has 0 saturated carbocycles. The highest BCUT2D eigenvalue weighted by molar-refractivity contribution is 5.28. The molecule has 17 heavy (non-hydrogen) atoms. The van der Waals surface area contributed by atoms with Crippen molar-refractivity contribution in [2.24, 2.45) is 5.92 Å². The minimum atomic E-state index is 0.590. The maximum Gasteiger partial charge on any atom is 0.119 e. The van der Waals surface area contributed by atoms with Crippen LogP contribution in [-0.4, -0.2) is 6.61 Å². The molecule has 0 aliphatic rings. The van der Waals surface area contributed by atoms with Crippen LogP contribution in [0.2, 0.25) is 0 Å². The van der Waals surface area contributed by atoms with Gasteiger partial charge in [0.1, 0.15) is 5.75 Å². The number of benzene rings is 1. The largest absolute Gasteiger partial charge is 0.493 e. The quantitative estimate of drug-likeness (QED) is 0.644. The average molecular weight is 234 g/mol. The molecule has 1 nitrogen and oxygen atoms in total. The molecular weight excluding hydrogens is 208 g/mol. The molecule has 1 aromatic rings. The molecule has 1 atom stereocenters. The molecule has 0 fully saturated rings. The zero-order valence-corrected chi connectivity index (χ0v) is 11.7. The third-order valence-corrected chi connectivity index (χ3v) is 3.31. The monoisotopic (exact) mass is 234 g/mol. The van der Waals surface area contributed by atoms with E-state index in [1.165, 1.54) is 24.8 Å². The van der Waals surface area contributed by atoms with Gasteiger partial charge in [-0.1, -0.05) is 52.7 Å². The fourth-order valence-electron chi connectivity index (χ4n) is 1.98. The van der Waals surface area contributed by atoms with Crippen LogP contribution >= 0.6 is 0 Å². The molecule has 96 valence electrons. The molecule has 0 bridgehead atoms. The van der Waals surface area contributed by atoms with Crippen LogP contribution in [0.1, 0.15) is 58.4 Å². The molecular formula is C16H26O. The summed E-state index contributed by atoms with van der Waals surface area (Å²) in [4.78, 5) is 0. The van der Waals surface area contributed by atoms with E-state index in [4.69, 9.17) is 4.74 Å². The van der Waals surface area contributed by atoms with Gasteiger partial charge < -0.3 is 4.74 Å². The summed E-state index contributed by atoms with van der Waals surface area (Å²) in [5.74, 6) is 2.29. The van der Waals surface area contributed by atoms with Crippen molar-refractivity contribution in [2.45, 2.75) is 52.9 Å². The standard InChI is InChI=1S/C16H26O/c1-5-7-14(6-2)12-17-16-10-8-15(9-11-16)13(3)4/h8-11,13-14H,5-7,12H2,1-4H3. The minimum Gasteiger partial charge on any atom is -0.493 e. The van der Waals surface area contributed by atoms with E-state index in [-0.39, 0.29) is 0 Å². The van der Waals surface area contributed by atoms with Gasteiger partial charge in [-0.25, -0.2) is 0 Å². The van der Waals surface area contributed by atoms with Crippen molar-refractivity contribution >= 4 is 0 Å². The third kappa shape index (κ3) is 4.80. The van der Waals surface area contributed by atoms with Gasteiger partial charge >= 0.3 is 0 Å². The summed E-state index contributed by atoms with van der Waals surface area (Å²) < 4.78 is 5.85. The summed E-state index contributed by atoms with van der Waals surface area (Å²) in [7, 11) is 0. The van der Waals surface area contributed by atoms with E-state index < -0.39 is 0 Å². The van der Waals surface area contributed by atoms with E-state index in [1.807, 2.05) is 0 Å². The fourth-order valence-corrected chi connectivity index (χ4v) is 1.98. The highest BCUT2D eigenvalue weighted by Crippen LogP contribution is 2.20. The molecule has 0 aromatic heterocycles. The van der Waals surface area contributed by atoms with Crippen molar-refractivity contribution in [1.29, 1.82) is 0 Å². The molecule has 0 radical (unpaired) electrons. The first kappa shape index (κ1) is 14.1. The zero-order chi connectivity index (χ0) is 12.7. The van der Waals surface area contributed by atoms with Crippen molar-refractivity contribution in [3.8, 4) is 5.75 Å². The van der Waals surface area contributed by atoms with Gasteiger partial charge in [0.05, 0.1) is 6.61 Å². The van der Waals surface area contributed by atoms with E-state index in [9.17, 15) is 0 Å². The Bertz CT molecular complexity index is 300. The van der Waals surface area contributed by atoms with Crippen LogP contribution in [0.25, 0.3) is 0 Å². The van der Waals surface area contributed by atoms with Gasteiger partial charge in [0.25, 0.3) is 0 Å². The Labute approximate surface area is 106 Å². The molecule has 0 amide bonds. The smallest absolute Gasteiger partial charge is 0.119 e. The van der Waals surface area contributed by atoms with Gasteiger partial charge in [-0.15, -0.1) is 0 Å². The van der Waals surface area contributed by atoms with Gasteiger partial charge in [0, 0.05) is 0 Å². The Morgan fingerprint density at radius 2 is 1.71 bits per heavy atom. The topological polar surface area (TPSA) is 9.23 Å². The second-order valence-electron chi connectivity index (χ2n) is 5.10. The van der Waals surface area contributed by atoms with E-state index in [0.717, 1.165) is 12.4 Å². The lowest BCUT2D eigenvalue weighted by molar-refractivity contribution is 0.235. The van der Waals surface area contributed by atoms with Gasteiger partial charge in [0.2, 0.25) is 0 Å². The highest BCUT2D eigenvalue weighted by atomic mass is 16.5. The van der Waals surface area contributed by atoms with Crippen LogP contribution in [0.5, 0.6) is 5.75 Å². The molecule has 1 aromatic carbocycles. The molecule has 0 saturated heterocycles. The molecule has 0 N–H and O–H groups in total. The lowest BCUT2D eigenvalue weighted by atomic mass is 10.0. The molecule has 0 aliphatic carbocycles. The van der Waals surface area contributed by atoms with Gasteiger partial charge in [-0.2, -0.15) is 0 Å². The predicted octanol–water partition coefficient (Wildman–Crippen LogP) is 5.02. The first-order chi connectivity index (χ1) is 8.17. The summed E-state index contributed by atoms with van der Waals surface area (Å²) in [5, 5.41) is 0. The second-order valence-corrected chi connectivity index (χ2v) is 5.10. The summed E-state index contributed by atoms with van der Waals surface area (Å²) in [6.07, 6.45) is 3.71. The minimum absolute atomic E-state index is 0.590. The Balaban J connectivity index is 2.46. The summed E-state index contributed by atoms with van der Waals surface area (Å²) in [6.45, 7) is 9.76. The predicted molar refractivity (Wildman–Crippen MR) is 74.7 cm³/mol. The van der Waals surface area contributed by atoms with Crippen LogP contribution in [0.15, 0.2) is 24.3 Å². The number of rotatable bonds is 7. The van der Waals surface area contributed by atoms with Crippen LogP contribution < -0.4 is 4.74 Å². The van der Waals surface area contributed by atoms with Gasteiger partial charge in [-0.3, -0.25) is 0 Å². The van der Waals surface area contributed by atoms with Crippen LogP contribution in [0.4, 0.5) is 0 Å². The Kier molecular flexibility index (Phi) is 6.10. The lowest BCUT2D eigenvalue weighted by Gasteiger charge is -2.15. The summed E-state index contributed by atoms with van der Waals surface area (Å²) in [6, 6.07) is 8.52. The zero-order valence-electron chi connectivity index (χ0n) is 11.7. The lowest BCUT2D eigenvalue weighted by Crippen LogP contribution is -2.10. The van der Waals surface area contributed by atoms with Gasteiger partial charge in [0.15, 0.2) is 0 Å². The SMILES string of the molecule is CCCC(CC)COc1ccc(C(C)C)cc1. The first-order valence-electron chi connectivity index (χ1n) is 6.90. The molecule has 1 heteroatoms. The summed E-state index contributed by atoms with van der Waals surface area (Å²) in [5.41, 5.74) is 1.37. The van der Waals surface area contributed by atoms with Crippen molar-refractivity contribution in [3.63, 3.8) is 0 Å². The third-order valence-electron chi connectivity index (χ3n) is 3.31. The van der Waals surface area contributed by atoms with Crippen molar-refractivity contribution < 1.29 is 4.74 Å². The number of hydrogen-bond acceptors (Lipinski definition) is 1. The fraction of sp³-hybridized carbons (Fsp3) is 0.625. The first-order valence-corrected chi connectivity index (χ1v) is 6.90. The Hall–Kier alpha value is -0.980. The van der Waals surface area contributed by atoms with Crippen molar-refractivity contribution in [1.82, 2.24) is 0 Å². The maximum absolute atomic E-state index is 5.85. The van der Waals surface area contributed by atoms with E-state index in [1.54, 1.807) is 0 Å². The molecule has 1 rings (SSSR count). The number of hydrogen-bond donors (Lipinski definition) is 0. The average Bonchev–Trinajstić information content (AvgIpc) is 2.35. The van der Waals surface area contributed by atoms with E-state index in [2.05, 4.69) is 52.0 Å².